The molecule has 2 atom stereocenters. The van der Waals surface area contributed by atoms with E-state index in [0.29, 0.717) is 5.56 Å². The standard InChI is InChI=1S/C17H16ClF2N/c18-16-3-1-2-14(17(16)20)13-8-9-21-10-15(13)11-4-6-12(19)7-5-11/h1-7,13,15,21H,8-10H2. The van der Waals surface area contributed by atoms with Gasteiger partial charge in [-0.15, -0.1) is 0 Å². The van der Waals surface area contributed by atoms with Crippen LogP contribution in [-0.4, -0.2) is 13.1 Å². The Hall–Kier alpha value is -1.45. The number of piperidine rings is 1. The fraction of sp³-hybridized carbons (Fsp3) is 0.294. The van der Waals surface area contributed by atoms with Gasteiger partial charge in [-0.3, -0.25) is 0 Å². The summed E-state index contributed by atoms with van der Waals surface area (Å²) >= 11 is 5.91. The second-order valence-corrected chi connectivity index (χ2v) is 5.81. The zero-order valence-corrected chi connectivity index (χ0v) is 12.2. The van der Waals surface area contributed by atoms with E-state index in [9.17, 15) is 8.78 Å². The number of hydrogen-bond acceptors (Lipinski definition) is 1. The summed E-state index contributed by atoms with van der Waals surface area (Å²) in [5.41, 5.74) is 1.67. The van der Waals surface area contributed by atoms with Crippen LogP contribution in [0.1, 0.15) is 29.4 Å². The van der Waals surface area contributed by atoms with Gasteiger partial charge in [0.25, 0.3) is 0 Å². The molecule has 1 heterocycles. The van der Waals surface area contributed by atoms with Crippen LogP contribution in [0.4, 0.5) is 8.78 Å². The van der Waals surface area contributed by atoms with Crippen LogP contribution in [0.3, 0.4) is 0 Å². The molecule has 1 aliphatic rings. The third-order valence-electron chi connectivity index (χ3n) is 4.16. The van der Waals surface area contributed by atoms with Crippen molar-refractivity contribution in [2.45, 2.75) is 18.3 Å². The molecule has 1 saturated heterocycles. The molecular weight excluding hydrogens is 292 g/mol. The molecule has 2 unspecified atom stereocenters. The van der Waals surface area contributed by atoms with Crippen LogP contribution in [0.25, 0.3) is 0 Å². The number of halogens is 3. The summed E-state index contributed by atoms with van der Waals surface area (Å²) in [7, 11) is 0. The molecule has 4 heteroatoms. The Balaban J connectivity index is 1.98. The van der Waals surface area contributed by atoms with Crippen molar-refractivity contribution in [1.82, 2.24) is 5.32 Å². The molecule has 0 amide bonds. The van der Waals surface area contributed by atoms with Crippen LogP contribution in [-0.2, 0) is 0 Å². The fourth-order valence-electron chi connectivity index (χ4n) is 3.10. The molecule has 0 spiro atoms. The Morgan fingerprint density at radius 1 is 1.00 bits per heavy atom. The van der Waals surface area contributed by atoms with E-state index < -0.39 is 0 Å². The molecule has 110 valence electrons. The van der Waals surface area contributed by atoms with E-state index >= 15 is 0 Å². The average Bonchev–Trinajstić information content (AvgIpc) is 2.51. The molecule has 0 bridgehead atoms. The Kier molecular flexibility index (Phi) is 4.22. The maximum atomic E-state index is 14.3. The van der Waals surface area contributed by atoms with Gasteiger partial charge in [0.1, 0.15) is 11.6 Å². The van der Waals surface area contributed by atoms with Crippen molar-refractivity contribution in [2.24, 2.45) is 0 Å². The van der Waals surface area contributed by atoms with Crippen molar-refractivity contribution < 1.29 is 8.78 Å². The van der Waals surface area contributed by atoms with Gasteiger partial charge < -0.3 is 5.32 Å². The number of rotatable bonds is 2. The lowest BCUT2D eigenvalue weighted by molar-refractivity contribution is 0.393. The molecule has 1 aliphatic heterocycles. The quantitative estimate of drug-likeness (QED) is 0.862. The first-order valence-corrected chi connectivity index (χ1v) is 7.44. The second-order valence-electron chi connectivity index (χ2n) is 5.40. The zero-order chi connectivity index (χ0) is 14.8. The Morgan fingerprint density at radius 2 is 1.76 bits per heavy atom. The van der Waals surface area contributed by atoms with Crippen molar-refractivity contribution in [3.05, 3.63) is 70.2 Å². The smallest absolute Gasteiger partial charge is 0.145 e. The molecule has 2 aromatic rings. The summed E-state index contributed by atoms with van der Waals surface area (Å²) < 4.78 is 27.4. The summed E-state index contributed by atoms with van der Waals surface area (Å²) in [5.74, 6) is -0.422. The van der Waals surface area contributed by atoms with E-state index in [1.165, 1.54) is 12.1 Å². The molecule has 1 fully saturated rings. The van der Waals surface area contributed by atoms with Crippen molar-refractivity contribution >= 4 is 11.6 Å². The van der Waals surface area contributed by atoms with Crippen molar-refractivity contribution in [2.75, 3.05) is 13.1 Å². The van der Waals surface area contributed by atoms with Gasteiger partial charge in [0.05, 0.1) is 5.02 Å². The summed E-state index contributed by atoms with van der Waals surface area (Å²) in [4.78, 5) is 0. The minimum atomic E-state index is -0.335. The first-order chi connectivity index (χ1) is 10.2. The molecule has 1 N–H and O–H groups in total. The van der Waals surface area contributed by atoms with Crippen LogP contribution in [0.15, 0.2) is 42.5 Å². The van der Waals surface area contributed by atoms with E-state index in [1.807, 2.05) is 0 Å². The summed E-state index contributed by atoms with van der Waals surface area (Å²) in [6.07, 6.45) is 0.833. The lowest BCUT2D eigenvalue weighted by Crippen LogP contribution is -2.34. The van der Waals surface area contributed by atoms with Crippen LogP contribution in [0.2, 0.25) is 5.02 Å². The Morgan fingerprint density at radius 3 is 2.52 bits per heavy atom. The van der Waals surface area contributed by atoms with Crippen LogP contribution in [0, 0.1) is 11.6 Å². The number of benzene rings is 2. The van der Waals surface area contributed by atoms with Crippen LogP contribution < -0.4 is 5.32 Å². The molecule has 21 heavy (non-hydrogen) atoms. The first kappa shape index (κ1) is 14.5. The molecule has 0 aliphatic carbocycles. The van der Waals surface area contributed by atoms with Crippen molar-refractivity contribution in [1.29, 1.82) is 0 Å². The SMILES string of the molecule is Fc1ccc(C2CNCCC2c2cccc(Cl)c2F)cc1. The van der Waals surface area contributed by atoms with Crippen molar-refractivity contribution in [3.8, 4) is 0 Å². The molecule has 1 nitrogen and oxygen atoms in total. The normalized spacial score (nSPS) is 22.2. The minimum absolute atomic E-state index is 0.0513. The van der Waals surface area contributed by atoms with E-state index in [1.54, 1.807) is 30.3 Å². The van der Waals surface area contributed by atoms with Gasteiger partial charge in [0.2, 0.25) is 0 Å². The van der Waals surface area contributed by atoms with Gasteiger partial charge in [-0.05, 0) is 48.2 Å². The second kappa shape index (κ2) is 6.12. The van der Waals surface area contributed by atoms with E-state index in [-0.39, 0.29) is 28.5 Å². The van der Waals surface area contributed by atoms with Gasteiger partial charge in [0.15, 0.2) is 0 Å². The molecule has 0 aromatic heterocycles. The van der Waals surface area contributed by atoms with E-state index in [4.69, 9.17) is 11.6 Å². The fourth-order valence-corrected chi connectivity index (χ4v) is 3.28. The average molecular weight is 308 g/mol. The Labute approximate surface area is 127 Å². The molecule has 2 aromatic carbocycles. The van der Waals surface area contributed by atoms with Crippen LogP contribution in [0.5, 0.6) is 0 Å². The monoisotopic (exact) mass is 307 g/mol. The number of hydrogen-bond donors (Lipinski definition) is 1. The summed E-state index contributed by atoms with van der Waals surface area (Å²) in [6, 6.07) is 11.6. The van der Waals surface area contributed by atoms with E-state index in [2.05, 4.69) is 5.32 Å². The van der Waals surface area contributed by atoms with Crippen LogP contribution >= 0.6 is 11.6 Å². The first-order valence-electron chi connectivity index (χ1n) is 7.07. The summed E-state index contributed by atoms with van der Waals surface area (Å²) in [5, 5.41) is 3.49. The highest BCUT2D eigenvalue weighted by atomic mass is 35.5. The predicted octanol–water partition coefficient (Wildman–Crippen LogP) is 4.48. The predicted molar refractivity (Wildman–Crippen MR) is 80.8 cm³/mol. The molecule has 3 rings (SSSR count). The number of nitrogens with one attached hydrogen (secondary N) is 1. The van der Waals surface area contributed by atoms with Crippen molar-refractivity contribution in [3.63, 3.8) is 0 Å². The largest absolute Gasteiger partial charge is 0.316 e. The minimum Gasteiger partial charge on any atom is -0.316 e. The van der Waals surface area contributed by atoms with Gasteiger partial charge >= 0.3 is 0 Å². The summed E-state index contributed by atoms with van der Waals surface area (Å²) in [6.45, 7) is 1.59. The lowest BCUT2D eigenvalue weighted by Gasteiger charge is -2.33. The highest BCUT2D eigenvalue weighted by molar-refractivity contribution is 6.30. The van der Waals surface area contributed by atoms with Gasteiger partial charge in [-0.25, -0.2) is 8.78 Å². The highest BCUT2D eigenvalue weighted by Gasteiger charge is 2.30. The maximum absolute atomic E-state index is 14.3. The topological polar surface area (TPSA) is 12.0 Å². The Bertz CT molecular complexity index is 627. The van der Waals surface area contributed by atoms with E-state index in [0.717, 1.165) is 25.1 Å². The van der Waals surface area contributed by atoms with Gasteiger partial charge in [-0.1, -0.05) is 35.9 Å². The third kappa shape index (κ3) is 2.94. The maximum Gasteiger partial charge on any atom is 0.145 e. The third-order valence-corrected chi connectivity index (χ3v) is 4.45. The molecule has 0 saturated carbocycles. The van der Waals surface area contributed by atoms with Gasteiger partial charge in [-0.2, -0.15) is 0 Å². The highest BCUT2D eigenvalue weighted by Crippen LogP contribution is 2.39. The lowest BCUT2D eigenvalue weighted by atomic mass is 9.77. The molecule has 0 radical (unpaired) electrons. The molecular formula is C17H16ClF2N. The van der Waals surface area contributed by atoms with Gasteiger partial charge in [0, 0.05) is 12.5 Å². The zero-order valence-electron chi connectivity index (χ0n) is 11.5.